The average Bonchev–Trinajstić information content (AvgIpc) is 3.11. The summed E-state index contributed by atoms with van der Waals surface area (Å²) in [6.07, 6.45) is 4.23. The minimum Gasteiger partial charge on any atom is -0.468 e. The van der Waals surface area contributed by atoms with Gasteiger partial charge in [0.1, 0.15) is 6.04 Å². The van der Waals surface area contributed by atoms with Crippen molar-refractivity contribution < 1.29 is 14.6 Å². The summed E-state index contributed by atoms with van der Waals surface area (Å²) in [5.74, 6) is 0.680. The summed E-state index contributed by atoms with van der Waals surface area (Å²) in [5.41, 5.74) is 0. The zero-order valence-corrected chi connectivity index (χ0v) is 10.2. The molecule has 0 radical (unpaired) electrons. The molecule has 4 heteroatoms. The van der Waals surface area contributed by atoms with Crippen molar-refractivity contribution in [1.82, 2.24) is 5.32 Å². The molecule has 2 atom stereocenters. The number of methoxy groups -OCH3 is 1. The first-order valence-electron chi connectivity index (χ1n) is 6.11. The Labute approximate surface area is 97.4 Å². The van der Waals surface area contributed by atoms with E-state index in [1.807, 2.05) is 6.92 Å². The molecular weight excluding hydrogens is 206 g/mol. The molecule has 0 heterocycles. The normalized spacial score (nSPS) is 19.2. The van der Waals surface area contributed by atoms with Gasteiger partial charge in [-0.15, -0.1) is 0 Å². The number of nitrogens with one attached hydrogen (secondary N) is 1. The highest BCUT2D eigenvalue weighted by Crippen LogP contribution is 2.33. The predicted octanol–water partition coefficient (Wildman–Crippen LogP) is 0.936. The van der Waals surface area contributed by atoms with Gasteiger partial charge in [0.15, 0.2) is 0 Å². The van der Waals surface area contributed by atoms with Crippen molar-refractivity contribution in [3.8, 4) is 0 Å². The lowest BCUT2D eigenvalue weighted by Crippen LogP contribution is -2.40. The van der Waals surface area contributed by atoms with Crippen LogP contribution in [0.4, 0.5) is 0 Å². The summed E-state index contributed by atoms with van der Waals surface area (Å²) < 4.78 is 4.77. The Balaban J connectivity index is 2.15. The molecule has 0 amide bonds. The molecule has 94 valence electrons. The third-order valence-corrected chi connectivity index (χ3v) is 3.10. The monoisotopic (exact) mass is 229 g/mol. The molecule has 1 aliphatic carbocycles. The van der Waals surface area contributed by atoms with Crippen LogP contribution in [0.3, 0.4) is 0 Å². The molecule has 0 aromatic rings. The molecule has 0 aromatic carbocycles. The third kappa shape index (κ3) is 4.49. The molecule has 1 aliphatic rings. The molecule has 1 rings (SSSR count). The Morgan fingerprint density at radius 3 is 2.75 bits per heavy atom. The number of ether oxygens (including phenoxy) is 1. The quantitative estimate of drug-likeness (QED) is 0.480. The maximum atomic E-state index is 11.5. The summed E-state index contributed by atoms with van der Waals surface area (Å²) >= 11 is 0. The summed E-state index contributed by atoms with van der Waals surface area (Å²) in [5, 5.41) is 12.1. The molecule has 0 spiro atoms. The van der Waals surface area contributed by atoms with Gasteiger partial charge in [-0.2, -0.15) is 0 Å². The van der Waals surface area contributed by atoms with Crippen molar-refractivity contribution in [3.63, 3.8) is 0 Å². The smallest absolute Gasteiger partial charge is 0.323 e. The van der Waals surface area contributed by atoms with E-state index in [4.69, 9.17) is 9.84 Å². The van der Waals surface area contributed by atoms with Crippen molar-refractivity contribution in [2.45, 2.75) is 38.6 Å². The van der Waals surface area contributed by atoms with Gasteiger partial charge in [-0.05, 0) is 44.1 Å². The fourth-order valence-corrected chi connectivity index (χ4v) is 1.80. The largest absolute Gasteiger partial charge is 0.468 e. The maximum Gasteiger partial charge on any atom is 0.323 e. The minimum atomic E-state index is -0.141. The Morgan fingerprint density at radius 2 is 2.25 bits per heavy atom. The van der Waals surface area contributed by atoms with Crippen molar-refractivity contribution in [2.75, 3.05) is 20.3 Å². The van der Waals surface area contributed by atoms with Gasteiger partial charge in [0, 0.05) is 6.61 Å². The Kier molecular flexibility index (Phi) is 5.77. The Hall–Kier alpha value is -0.610. The van der Waals surface area contributed by atoms with Crippen LogP contribution < -0.4 is 5.32 Å². The van der Waals surface area contributed by atoms with Crippen LogP contribution in [0.15, 0.2) is 0 Å². The van der Waals surface area contributed by atoms with Crippen LogP contribution in [-0.4, -0.2) is 37.4 Å². The predicted molar refractivity (Wildman–Crippen MR) is 62.0 cm³/mol. The van der Waals surface area contributed by atoms with E-state index in [1.165, 1.54) is 7.11 Å². The van der Waals surface area contributed by atoms with Crippen molar-refractivity contribution in [3.05, 3.63) is 0 Å². The van der Waals surface area contributed by atoms with Crippen molar-refractivity contribution in [2.24, 2.45) is 11.8 Å². The van der Waals surface area contributed by atoms with Gasteiger partial charge in [-0.3, -0.25) is 4.79 Å². The number of aliphatic hydroxyl groups excluding tert-OH is 1. The van der Waals surface area contributed by atoms with Gasteiger partial charge >= 0.3 is 5.97 Å². The van der Waals surface area contributed by atoms with Gasteiger partial charge in [-0.25, -0.2) is 0 Å². The zero-order chi connectivity index (χ0) is 12.0. The first-order valence-corrected chi connectivity index (χ1v) is 6.11. The SMILES string of the molecule is COC(=O)C(NCCCC(C)CO)C1CC1. The van der Waals surface area contributed by atoms with Crippen LogP contribution in [0.1, 0.15) is 32.6 Å². The van der Waals surface area contributed by atoms with Crippen molar-refractivity contribution >= 4 is 5.97 Å². The highest BCUT2D eigenvalue weighted by molar-refractivity contribution is 5.76. The first-order chi connectivity index (χ1) is 7.69. The van der Waals surface area contributed by atoms with Crippen molar-refractivity contribution in [1.29, 1.82) is 0 Å². The third-order valence-electron chi connectivity index (χ3n) is 3.10. The lowest BCUT2D eigenvalue weighted by Gasteiger charge is -2.16. The van der Waals surface area contributed by atoms with Crippen LogP contribution in [0.5, 0.6) is 0 Å². The van der Waals surface area contributed by atoms with Gasteiger partial charge in [-0.1, -0.05) is 6.92 Å². The number of carbonyl (C=O) groups is 1. The van der Waals surface area contributed by atoms with Crippen LogP contribution in [0.2, 0.25) is 0 Å². The van der Waals surface area contributed by atoms with E-state index < -0.39 is 0 Å². The average molecular weight is 229 g/mol. The van der Waals surface area contributed by atoms with Gasteiger partial charge in [0.25, 0.3) is 0 Å². The summed E-state index contributed by atoms with van der Waals surface area (Å²) in [6.45, 7) is 3.09. The number of hydrogen-bond acceptors (Lipinski definition) is 4. The summed E-state index contributed by atoms with van der Waals surface area (Å²) in [4.78, 5) is 11.5. The topological polar surface area (TPSA) is 58.6 Å². The molecule has 0 aliphatic heterocycles. The molecule has 1 fully saturated rings. The lowest BCUT2D eigenvalue weighted by molar-refractivity contribution is -0.143. The molecular formula is C12H23NO3. The fraction of sp³-hybridized carbons (Fsp3) is 0.917. The molecule has 0 bridgehead atoms. The van der Waals surface area contributed by atoms with E-state index >= 15 is 0 Å². The van der Waals surface area contributed by atoms with Crippen LogP contribution in [0, 0.1) is 11.8 Å². The number of esters is 1. The van der Waals surface area contributed by atoms with Gasteiger partial charge < -0.3 is 15.2 Å². The van der Waals surface area contributed by atoms with E-state index in [0.717, 1.165) is 32.2 Å². The molecule has 1 saturated carbocycles. The van der Waals surface area contributed by atoms with Gasteiger partial charge in [0.05, 0.1) is 7.11 Å². The molecule has 2 unspecified atom stereocenters. The van der Waals surface area contributed by atoms with E-state index in [1.54, 1.807) is 0 Å². The second-order valence-corrected chi connectivity index (χ2v) is 4.72. The zero-order valence-electron chi connectivity index (χ0n) is 10.2. The molecule has 4 nitrogen and oxygen atoms in total. The van der Waals surface area contributed by atoms with Crippen LogP contribution >= 0.6 is 0 Å². The van der Waals surface area contributed by atoms with Crippen LogP contribution in [0.25, 0.3) is 0 Å². The number of carbonyl (C=O) groups excluding carboxylic acids is 1. The molecule has 0 saturated heterocycles. The van der Waals surface area contributed by atoms with E-state index in [0.29, 0.717) is 11.8 Å². The van der Waals surface area contributed by atoms with Gasteiger partial charge in [0.2, 0.25) is 0 Å². The Bertz CT molecular complexity index is 216. The minimum absolute atomic E-state index is 0.116. The second kappa shape index (κ2) is 6.86. The maximum absolute atomic E-state index is 11.5. The summed E-state index contributed by atoms with van der Waals surface area (Å²) in [6, 6.07) is -0.116. The number of hydrogen-bond donors (Lipinski definition) is 2. The Morgan fingerprint density at radius 1 is 1.56 bits per heavy atom. The first kappa shape index (κ1) is 13.5. The highest BCUT2D eigenvalue weighted by Gasteiger charge is 2.36. The molecule has 0 aromatic heterocycles. The second-order valence-electron chi connectivity index (χ2n) is 4.72. The van der Waals surface area contributed by atoms with E-state index in [9.17, 15) is 4.79 Å². The molecule has 16 heavy (non-hydrogen) atoms. The van der Waals surface area contributed by atoms with E-state index in [-0.39, 0.29) is 18.6 Å². The lowest BCUT2D eigenvalue weighted by atomic mass is 10.1. The standard InChI is InChI=1S/C12H23NO3/c1-9(8-14)4-3-7-13-11(10-5-6-10)12(15)16-2/h9-11,13-14H,3-8H2,1-2H3. The highest BCUT2D eigenvalue weighted by atomic mass is 16.5. The van der Waals surface area contributed by atoms with Crippen LogP contribution in [-0.2, 0) is 9.53 Å². The number of aliphatic hydroxyl groups is 1. The fourth-order valence-electron chi connectivity index (χ4n) is 1.80. The summed E-state index contributed by atoms with van der Waals surface area (Å²) in [7, 11) is 1.44. The van der Waals surface area contributed by atoms with E-state index in [2.05, 4.69) is 5.32 Å². The number of rotatable bonds is 8. The molecule has 2 N–H and O–H groups in total.